The minimum atomic E-state index is 0.252. The first-order valence-electron chi connectivity index (χ1n) is 8.98. The zero-order valence-electron chi connectivity index (χ0n) is 14.0. The van der Waals surface area contributed by atoms with E-state index in [2.05, 4.69) is 59.5 Å². The lowest BCUT2D eigenvalue weighted by Crippen LogP contribution is -2.56. The molecule has 1 aliphatic heterocycles. The highest BCUT2D eigenvalue weighted by Gasteiger charge is 2.39. The van der Waals surface area contributed by atoms with E-state index in [9.17, 15) is 0 Å². The number of nitrogens with one attached hydrogen (secondary N) is 1. The fourth-order valence-corrected chi connectivity index (χ4v) is 4.44. The molecule has 0 amide bonds. The van der Waals surface area contributed by atoms with E-state index >= 15 is 0 Å². The number of likely N-dealkylation sites (tertiary alicyclic amines) is 1. The molecule has 1 heterocycles. The van der Waals surface area contributed by atoms with Crippen LogP contribution in [0, 0.1) is 11.3 Å². The Labute approximate surface area is 144 Å². The Morgan fingerprint density at radius 1 is 0.917 bits per heavy atom. The lowest BCUT2D eigenvalue weighted by molar-refractivity contribution is 0.119. The highest BCUT2D eigenvalue weighted by atomic mass is 15.3. The molecule has 2 aliphatic rings. The van der Waals surface area contributed by atoms with E-state index in [0.29, 0.717) is 17.9 Å². The fourth-order valence-electron chi connectivity index (χ4n) is 4.44. The SMILES string of the molecule is N=C(N)N1CCC1[C@H]1CCC(c2ccc(-c3ccccc3)cc2)C1. The van der Waals surface area contributed by atoms with E-state index in [0.717, 1.165) is 6.54 Å². The van der Waals surface area contributed by atoms with Crippen molar-refractivity contribution in [2.75, 3.05) is 6.54 Å². The molecule has 4 rings (SSSR count). The Hall–Kier alpha value is -2.29. The number of benzene rings is 2. The summed E-state index contributed by atoms with van der Waals surface area (Å²) in [6, 6.07) is 20.2. The van der Waals surface area contributed by atoms with E-state index in [4.69, 9.17) is 11.1 Å². The molecule has 124 valence electrons. The first kappa shape index (κ1) is 15.3. The molecular formula is C21H25N3. The van der Waals surface area contributed by atoms with Gasteiger partial charge in [0, 0.05) is 12.6 Å². The molecule has 1 saturated heterocycles. The summed E-state index contributed by atoms with van der Waals surface area (Å²) in [7, 11) is 0. The monoisotopic (exact) mass is 319 g/mol. The summed E-state index contributed by atoms with van der Waals surface area (Å²) < 4.78 is 0. The van der Waals surface area contributed by atoms with Gasteiger partial charge in [0.05, 0.1) is 0 Å². The number of nitrogens with zero attached hydrogens (tertiary/aromatic N) is 1. The highest BCUT2D eigenvalue weighted by Crippen LogP contribution is 2.43. The summed E-state index contributed by atoms with van der Waals surface area (Å²) >= 11 is 0. The number of hydrogen-bond acceptors (Lipinski definition) is 1. The largest absolute Gasteiger partial charge is 0.370 e. The van der Waals surface area contributed by atoms with Gasteiger partial charge in [-0.15, -0.1) is 0 Å². The predicted octanol–water partition coefficient (Wildman–Crippen LogP) is 4.21. The molecule has 3 heteroatoms. The van der Waals surface area contributed by atoms with Crippen LogP contribution in [0.5, 0.6) is 0 Å². The topological polar surface area (TPSA) is 53.1 Å². The van der Waals surface area contributed by atoms with Crippen LogP contribution in [0.2, 0.25) is 0 Å². The van der Waals surface area contributed by atoms with Crippen molar-refractivity contribution in [2.45, 2.75) is 37.6 Å². The predicted molar refractivity (Wildman–Crippen MR) is 99.0 cm³/mol. The third-order valence-electron chi connectivity index (χ3n) is 5.88. The van der Waals surface area contributed by atoms with Gasteiger partial charge in [-0.3, -0.25) is 5.41 Å². The van der Waals surface area contributed by atoms with E-state index < -0.39 is 0 Å². The summed E-state index contributed by atoms with van der Waals surface area (Å²) in [6.07, 6.45) is 4.96. The van der Waals surface area contributed by atoms with Crippen LogP contribution in [-0.2, 0) is 0 Å². The van der Waals surface area contributed by atoms with E-state index in [-0.39, 0.29) is 5.96 Å². The molecule has 0 aromatic heterocycles. The number of nitrogens with two attached hydrogens (primary N) is 1. The van der Waals surface area contributed by atoms with Crippen LogP contribution in [0.3, 0.4) is 0 Å². The molecule has 3 nitrogen and oxygen atoms in total. The van der Waals surface area contributed by atoms with Gasteiger partial charge >= 0.3 is 0 Å². The maximum absolute atomic E-state index is 7.67. The average Bonchev–Trinajstić information content (AvgIpc) is 3.03. The second kappa shape index (κ2) is 6.31. The number of hydrogen-bond donors (Lipinski definition) is 2. The van der Waals surface area contributed by atoms with Crippen LogP contribution in [-0.4, -0.2) is 23.4 Å². The molecule has 0 bridgehead atoms. The van der Waals surface area contributed by atoms with Crippen molar-refractivity contribution in [1.82, 2.24) is 4.90 Å². The van der Waals surface area contributed by atoms with Crippen molar-refractivity contribution in [2.24, 2.45) is 11.7 Å². The maximum atomic E-state index is 7.67. The second-order valence-corrected chi connectivity index (χ2v) is 7.19. The standard InChI is InChI=1S/C21H25N3/c22-21(23)24-13-12-20(24)19-11-10-18(14-19)17-8-6-16(7-9-17)15-4-2-1-3-5-15/h1-9,18-20H,10-14H2,(H3,22,23)/t18?,19-,20?/m0/s1. The third-order valence-corrected chi connectivity index (χ3v) is 5.88. The Kier molecular flexibility index (Phi) is 4.01. The number of rotatable bonds is 3. The zero-order valence-corrected chi connectivity index (χ0v) is 14.0. The number of guanidine groups is 1. The van der Waals surface area contributed by atoms with E-state index in [1.807, 2.05) is 0 Å². The molecule has 2 aromatic rings. The lowest BCUT2D eigenvalue weighted by Gasteiger charge is -2.45. The fraction of sp³-hybridized carbons (Fsp3) is 0.381. The zero-order chi connectivity index (χ0) is 16.5. The van der Waals surface area contributed by atoms with Gasteiger partial charge in [-0.2, -0.15) is 0 Å². The molecule has 0 spiro atoms. The van der Waals surface area contributed by atoms with Gasteiger partial charge in [0.25, 0.3) is 0 Å². The maximum Gasteiger partial charge on any atom is 0.188 e. The van der Waals surface area contributed by atoms with Crippen LogP contribution >= 0.6 is 0 Å². The minimum absolute atomic E-state index is 0.252. The minimum Gasteiger partial charge on any atom is -0.370 e. The van der Waals surface area contributed by atoms with Gasteiger partial charge in [0.2, 0.25) is 0 Å². The lowest BCUT2D eigenvalue weighted by atomic mass is 9.86. The first-order valence-corrected chi connectivity index (χ1v) is 8.98. The van der Waals surface area contributed by atoms with Crippen molar-refractivity contribution in [1.29, 1.82) is 5.41 Å². The first-order chi connectivity index (χ1) is 11.7. The van der Waals surface area contributed by atoms with Crippen LogP contribution in [0.1, 0.15) is 37.2 Å². The molecule has 3 N–H and O–H groups in total. The van der Waals surface area contributed by atoms with Crippen LogP contribution in [0.25, 0.3) is 11.1 Å². The molecule has 2 aromatic carbocycles. The average molecular weight is 319 g/mol. The van der Waals surface area contributed by atoms with Gasteiger partial charge in [-0.1, -0.05) is 54.6 Å². The summed E-state index contributed by atoms with van der Waals surface area (Å²) in [5.74, 6) is 1.61. The summed E-state index contributed by atoms with van der Waals surface area (Å²) in [5, 5.41) is 7.67. The van der Waals surface area contributed by atoms with Crippen molar-refractivity contribution >= 4 is 5.96 Å². The van der Waals surface area contributed by atoms with Gasteiger partial charge in [-0.25, -0.2) is 0 Å². The second-order valence-electron chi connectivity index (χ2n) is 7.19. The molecule has 0 radical (unpaired) electrons. The van der Waals surface area contributed by atoms with Gasteiger partial charge in [0.15, 0.2) is 5.96 Å². The third kappa shape index (κ3) is 2.79. The molecule has 1 saturated carbocycles. The molecule has 2 fully saturated rings. The summed E-state index contributed by atoms with van der Waals surface area (Å²) in [6.45, 7) is 0.965. The Morgan fingerprint density at radius 3 is 2.25 bits per heavy atom. The van der Waals surface area contributed by atoms with Gasteiger partial charge < -0.3 is 10.6 Å². The van der Waals surface area contributed by atoms with Crippen LogP contribution in [0.4, 0.5) is 0 Å². The normalized spacial score (nSPS) is 26.2. The molecule has 2 unspecified atom stereocenters. The Bertz CT molecular complexity index is 708. The van der Waals surface area contributed by atoms with Crippen LogP contribution in [0.15, 0.2) is 54.6 Å². The molecular weight excluding hydrogens is 294 g/mol. The smallest absolute Gasteiger partial charge is 0.188 e. The molecule has 1 aliphatic carbocycles. The van der Waals surface area contributed by atoms with Gasteiger partial charge in [-0.05, 0) is 54.2 Å². The summed E-state index contributed by atoms with van der Waals surface area (Å²) in [5.41, 5.74) is 9.71. The quantitative estimate of drug-likeness (QED) is 0.658. The van der Waals surface area contributed by atoms with Crippen LogP contribution < -0.4 is 5.73 Å². The summed E-state index contributed by atoms with van der Waals surface area (Å²) in [4.78, 5) is 2.07. The Morgan fingerprint density at radius 2 is 1.62 bits per heavy atom. The molecule has 3 atom stereocenters. The van der Waals surface area contributed by atoms with E-state index in [1.165, 1.54) is 42.4 Å². The van der Waals surface area contributed by atoms with Crippen molar-refractivity contribution in [3.63, 3.8) is 0 Å². The van der Waals surface area contributed by atoms with Gasteiger partial charge in [0.1, 0.15) is 0 Å². The highest BCUT2D eigenvalue weighted by molar-refractivity contribution is 5.75. The van der Waals surface area contributed by atoms with Crippen molar-refractivity contribution < 1.29 is 0 Å². The Balaban J connectivity index is 1.43. The molecule has 24 heavy (non-hydrogen) atoms. The van der Waals surface area contributed by atoms with E-state index in [1.54, 1.807) is 0 Å². The van der Waals surface area contributed by atoms with Crippen molar-refractivity contribution in [3.05, 3.63) is 60.2 Å². The van der Waals surface area contributed by atoms with Crippen molar-refractivity contribution in [3.8, 4) is 11.1 Å².